The molecule has 1 unspecified atom stereocenters. The van der Waals surface area contributed by atoms with Crippen LogP contribution in [0.3, 0.4) is 0 Å². The van der Waals surface area contributed by atoms with Crippen LogP contribution in [0.4, 0.5) is 4.39 Å². The van der Waals surface area contributed by atoms with E-state index in [1.807, 2.05) is 6.92 Å². The SMILES string of the molecule is COc1cc(F)c(CC(C)N)c(Br)c1OC. The number of methoxy groups -OCH3 is 2. The number of hydrogen-bond donors (Lipinski definition) is 1. The topological polar surface area (TPSA) is 44.5 Å². The van der Waals surface area contributed by atoms with Gasteiger partial charge in [0, 0.05) is 17.7 Å². The fourth-order valence-corrected chi connectivity index (χ4v) is 2.18. The zero-order valence-electron chi connectivity index (χ0n) is 9.51. The number of rotatable bonds is 4. The molecule has 0 saturated heterocycles. The number of hydrogen-bond acceptors (Lipinski definition) is 3. The lowest BCUT2D eigenvalue weighted by Crippen LogP contribution is -2.19. The fourth-order valence-electron chi connectivity index (χ4n) is 1.47. The molecule has 0 radical (unpaired) electrons. The number of benzene rings is 1. The summed E-state index contributed by atoms with van der Waals surface area (Å²) >= 11 is 3.31. The van der Waals surface area contributed by atoms with Crippen LogP contribution in [0.1, 0.15) is 12.5 Å². The molecule has 0 aliphatic rings. The van der Waals surface area contributed by atoms with E-state index < -0.39 is 0 Å². The average molecular weight is 292 g/mol. The van der Waals surface area contributed by atoms with E-state index >= 15 is 0 Å². The molecule has 5 heteroatoms. The molecular weight excluding hydrogens is 277 g/mol. The van der Waals surface area contributed by atoms with Crippen molar-refractivity contribution in [3.05, 3.63) is 21.9 Å². The summed E-state index contributed by atoms with van der Waals surface area (Å²) < 4.78 is 24.5. The Morgan fingerprint density at radius 2 is 2.06 bits per heavy atom. The third kappa shape index (κ3) is 2.65. The molecule has 0 fully saturated rings. The van der Waals surface area contributed by atoms with Crippen molar-refractivity contribution in [1.29, 1.82) is 0 Å². The largest absolute Gasteiger partial charge is 0.493 e. The summed E-state index contributed by atoms with van der Waals surface area (Å²) in [5.41, 5.74) is 6.17. The van der Waals surface area contributed by atoms with Crippen LogP contribution in [0.25, 0.3) is 0 Å². The van der Waals surface area contributed by atoms with E-state index in [0.29, 0.717) is 28.0 Å². The molecule has 3 nitrogen and oxygen atoms in total. The Morgan fingerprint density at radius 1 is 1.44 bits per heavy atom. The highest BCUT2D eigenvalue weighted by molar-refractivity contribution is 9.10. The first-order valence-electron chi connectivity index (χ1n) is 4.85. The van der Waals surface area contributed by atoms with Gasteiger partial charge in [-0.15, -0.1) is 0 Å². The molecule has 1 rings (SSSR count). The van der Waals surface area contributed by atoms with Crippen molar-refractivity contribution in [1.82, 2.24) is 0 Å². The fraction of sp³-hybridized carbons (Fsp3) is 0.455. The van der Waals surface area contributed by atoms with E-state index in [1.54, 1.807) is 0 Å². The molecule has 0 spiro atoms. The second-order valence-corrected chi connectivity index (χ2v) is 4.36. The summed E-state index contributed by atoms with van der Waals surface area (Å²) in [5, 5.41) is 0. The molecule has 0 aliphatic carbocycles. The van der Waals surface area contributed by atoms with E-state index in [9.17, 15) is 4.39 Å². The van der Waals surface area contributed by atoms with Gasteiger partial charge in [0.25, 0.3) is 0 Å². The minimum atomic E-state index is -0.346. The van der Waals surface area contributed by atoms with Crippen molar-refractivity contribution in [2.45, 2.75) is 19.4 Å². The lowest BCUT2D eigenvalue weighted by molar-refractivity contribution is 0.349. The van der Waals surface area contributed by atoms with Gasteiger partial charge in [0.05, 0.1) is 18.7 Å². The summed E-state index contributed by atoms with van der Waals surface area (Å²) in [5.74, 6) is 0.502. The van der Waals surface area contributed by atoms with Gasteiger partial charge >= 0.3 is 0 Å². The van der Waals surface area contributed by atoms with Crippen molar-refractivity contribution in [3.8, 4) is 11.5 Å². The van der Waals surface area contributed by atoms with Crippen LogP contribution in [0.15, 0.2) is 10.5 Å². The first-order valence-corrected chi connectivity index (χ1v) is 5.65. The molecule has 1 aromatic rings. The molecule has 90 valence electrons. The van der Waals surface area contributed by atoms with Gasteiger partial charge in [-0.3, -0.25) is 0 Å². The van der Waals surface area contributed by atoms with Crippen molar-refractivity contribution in [3.63, 3.8) is 0 Å². The van der Waals surface area contributed by atoms with Crippen molar-refractivity contribution < 1.29 is 13.9 Å². The highest BCUT2D eigenvalue weighted by atomic mass is 79.9. The zero-order valence-corrected chi connectivity index (χ0v) is 11.1. The van der Waals surface area contributed by atoms with Crippen LogP contribution in [-0.2, 0) is 6.42 Å². The number of halogens is 2. The van der Waals surface area contributed by atoms with E-state index in [4.69, 9.17) is 15.2 Å². The molecule has 0 bridgehead atoms. The van der Waals surface area contributed by atoms with Crippen molar-refractivity contribution >= 4 is 15.9 Å². The van der Waals surface area contributed by atoms with E-state index in [0.717, 1.165) is 0 Å². The van der Waals surface area contributed by atoms with Gasteiger partial charge in [-0.05, 0) is 29.3 Å². The maximum Gasteiger partial charge on any atom is 0.175 e. The quantitative estimate of drug-likeness (QED) is 0.927. The van der Waals surface area contributed by atoms with Gasteiger partial charge in [0.2, 0.25) is 0 Å². The van der Waals surface area contributed by atoms with Crippen LogP contribution >= 0.6 is 15.9 Å². The van der Waals surface area contributed by atoms with Gasteiger partial charge in [-0.25, -0.2) is 4.39 Å². The minimum Gasteiger partial charge on any atom is -0.493 e. The summed E-state index contributed by atoms with van der Waals surface area (Å²) in [4.78, 5) is 0. The molecule has 16 heavy (non-hydrogen) atoms. The Kier molecular flexibility index (Phi) is 4.56. The molecular formula is C11H15BrFNO2. The summed E-state index contributed by atoms with van der Waals surface area (Å²) in [7, 11) is 2.98. The van der Waals surface area contributed by atoms with Crippen LogP contribution < -0.4 is 15.2 Å². The predicted molar refractivity (Wildman–Crippen MR) is 64.6 cm³/mol. The van der Waals surface area contributed by atoms with E-state index in [2.05, 4.69) is 15.9 Å². The highest BCUT2D eigenvalue weighted by Crippen LogP contribution is 2.39. The Morgan fingerprint density at radius 3 is 2.50 bits per heavy atom. The maximum absolute atomic E-state index is 13.8. The third-order valence-corrected chi connectivity index (χ3v) is 3.02. The summed E-state index contributed by atoms with van der Waals surface area (Å²) in [6.07, 6.45) is 0.437. The lowest BCUT2D eigenvalue weighted by Gasteiger charge is -2.15. The standard InChI is InChI=1S/C11H15BrFNO2/c1-6(14)4-7-8(13)5-9(15-2)11(16-3)10(7)12/h5-6H,4,14H2,1-3H3. The first-order chi connectivity index (χ1) is 7.51. The van der Waals surface area contributed by atoms with Crippen LogP contribution in [0.5, 0.6) is 11.5 Å². The normalized spacial score (nSPS) is 12.4. The Hall–Kier alpha value is -0.810. The van der Waals surface area contributed by atoms with Crippen molar-refractivity contribution in [2.75, 3.05) is 14.2 Å². The molecule has 0 saturated carbocycles. The molecule has 0 amide bonds. The second kappa shape index (κ2) is 5.50. The number of nitrogens with two attached hydrogens (primary N) is 1. The summed E-state index contributed by atoms with van der Waals surface area (Å²) in [6.45, 7) is 1.82. The number of ether oxygens (including phenoxy) is 2. The van der Waals surface area contributed by atoms with Crippen LogP contribution in [0, 0.1) is 5.82 Å². The molecule has 0 aliphatic heterocycles. The Labute approximate surface area is 103 Å². The first kappa shape index (κ1) is 13.3. The monoisotopic (exact) mass is 291 g/mol. The van der Waals surface area contributed by atoms with Gasteiger partial charge in [0.15, 0.2) is 11.5 Å². The molecule has 1 atom stereocenters. The maximum atomic E-state index is 13.8. The van der Waals surface area contributed by atoms with E-state index in [1.165, 1.54) is 20.3 Å². The van der Waals surface area contributed by atoms with Gasteiger partial charge in [-0.1, -0.05) is 0 Å². The summed E-state index contributed by atoms with van der Waals surface area (Å²) in [6, 6.07) is 1.19. The lowest BCUT2D eigenvalue weighted by atomic mass is 10.1. The van der Waals surface area contributed by atoms with Crippen molar-refractivity contribution in [2.24, 2.45) is 5.73 Å². The smallest absolute Gasteiger partial charge is 0.175 e. The molecule has 2 N–H and O–H groups in total. The molecule has 1 aromatic carbocycles. The predicted octanol–water partition coefficient (Wildman–Crippen LogP) is 2.50. The second-order valence-electron chi connectivity index (χ2n) is 3.57. The molecule has 0 heterocycles. The van der Waals surface area contributed by atoms with Crippen LogP contribution in [0.2, 0.25) is 0 Å². The zero-order chi connectivity index (χ0) is 12.3. The average Bonchev–Trinajstić information content (AvgIpc) is 2.23. The van der Waals surface area contributed by atoms with Crippen LogP contribution in [-0.4, -0.2) is 20.3 Å². The van der Waals surface area contributed by atoms with Gasteiger partial charge in [-0.2, -0.15) is 0 Å². The van der Waals surface area contributed by atoms with Gasteiger partial charge < -0.3 is 15.2 Å². The Balaban J connectivity index is 3.29. The molecule has 0 aromatic heterocycles. The third-order valence-electron chi connectivity index (χ3n) is 2.18. The highest BCUT2D eigenvalue weighted by Gasteiger charge is 2.18. The Bertz CT molecular complexity index is 383. The van der Waals surface area contributed by atoms with E-state index in [-0.39, 0.29) is 11.9 Å². The minimum absolute atomic E-state index is 0.121. The van der Waals surface area contributed by atoms with Gasteiger partial charge in [0.1, 0.15) is 5.82 Å².